The van der Waals surface area contributed by atoms with Crippen LogP contribution >= 0.6 is 11.3 Å². The molecular weight excluding hydrogens is 434 g/mol. The third kappa shape index (κ3) is 4.16. The molecule has 0 atom stereocenters. The molecule has 1 N–H and O–H groups in total. The van der Waals surface area contributed by atoms with Crippen LogP contribution in [-0.4, -0.2) is 31.4 Å². The molecule has 2 aromatic carbocycles. The Morgan fingerprint density at radius 1 is 1.00 bits per heavy atom. The highest BCUT2D eigenvalue weighted by Gasteiger charge is 2.18. The van der Waals surface area contributed by atoms with Crippen molar-refractivity contribution >= 4 is 38.9 Å². The first-order valence-corrected chi connectivity index (χ1v) is 11.2. The SMILES string of the molecule is CC(=O)c1cccc(NC(=O)c2cc(-c3ccc4ncsc4c3)n(-c3cccc(C)n3)n2)c1. The minimum Gasteiger partial charge on any atom is -0.321 e. The van der Waals surface area contributed by atoms with Gasteiger partial charge in [0.15, 0.2) is 17.3 Å². The number of aryl methyl sites for hydroxylation is 1. The molecule has 5 aromatic rings. The van der Waals surface area contributed by atoms with Gasteiger partial charge in [-0.2, -0.15) is 5.10 Å². The average Bonchev–Trinajstić information content (AvgIpc) is 3.46. The first kappa shape index (κ1) is 20.7. The lowest BCUT2D eigenvalue weighted by molar-refractivity contribution is 0.100. The smallest absolute Gasteiger partial charge is 0.276 e. The molecule has 0 spiro atoms. The number of hydrogen-bond donors (Lipinski definition) is 1. The van der Waals surface area contributed by atoms with Gasteiger partial charge in [0.1, 0.15) is 0 Å². The maximum atomic E-state index is 13.1. The molecule has 0 saturated carbocycles. The van der Waals surface area contributed by atoms with E-state index in [1.807, 2.05) is 48.8 Å². The zero-order chi connectivity index (χ0) is 22.9. The fourth-order valence-corrected chi connectivity index (χ4v) is 4.26. The topological polar surface area (TPSA) is 89.8 Å². The van der Waals surface area contributed by atoms with Crippen LogP contribution in [0.15, 0.2) is 72.2 Å². The fraction of sp³-hybridized carbons (Fsp3) is 0.0800. The number of ketones is 1. The molecule has 5 rings (SSSR count). The summed E-state index contributed by atoms with van der Waals surface area (Å²) in [4.78, 5) is 33.7. The minimum atomic E-state index is -0.373. The predicted molar refractivity (Wildman–Crippen MR) is 129 cm³/mol. The Morgan fingerprint density at radius 2 is 1.85 bits per heavy atom. The summed E-state index contributed by atoms with van der Waals surface area (Å²) in [5, 5.41) is 7.42. The van der Waals surface area contributed by atoms with Gasteiger partial charge < -0.3 is 5.32 Å². The van der Waals surface area contributed by atoms with Crippen LogP contribution in [0.2, 0.25) is 0 Å². The third-order valence-corrected chi connectivity index (χ3v) is 5.98. The average molecular weight is 454 g/mol. The zero-order valence-corrected chi connectivity index (χ0v) is 18.8. The first-order chi connectivity index (χ1) is 16.0. The molecule has 0 bridgehead atoms. The standard InChI is InChI=1S/C25H19N5O2S/c1-15-5-3-8-24(27-15)30-22(18-9-10-20-23(12-18)33-14-26-20)13-21(29-30)25(32)28-19-7-4-6-17(11-19)16(2)31/h3-14H,1-2H3,(H,28,32). The highest BCUT2D eigenvalue weighted by Crippen LogP contribution is 2.29. The highest BCUT2D eigenvalue weighted by molar-refractivity contribution is 7.16. The molecule has 0 radical (unpaired) electrons. The summed E-state index contributed by atoms with van der Waals surface area (Å²) in [6.45, 7) is 3.40. The second-order valence-electron chi connectivity index (χ2n) is 7.59. The number of Topliss-reactive ketones (excluding diaryl/α,β-unsaturated/α-hetero) is 1. The number of amides is 1. The van der Waals surface area contributed by atoms with Crippen LogP contribution in [0.25, 0.3) is 27.3 Å². The zero-order valence-electron chi connectivity index (χ0n) is 17.9. The van der Waals surface area contributed by atoms with Gasteiger partial charge in [-0.25, -0.2) is 14.6 Å². The molecule has 0 aliphatic rings. The molecule has 7 nitrogen and oxygen atoms in total. The Bertz CT molecular complexity index is 1520. The molecule has 0 saturated heterocycles. The van der Waals surface area contributed by atoms with E-state index in [0.717, 1.165) is 27.2 Å². The van der Waals surface area contributed by atoms with E-state index in [9.17, 15) is 9.59 Å². The Morgan fingerprint density at radius 3 is 2.67 bits per heavy atom. The monoisotopic (exact) mass is 453 g/mol. The van der Waals surface area contributed by atoms with Crippen molar-refractivity contribution in [3.05, 3.63) is 89.2 Å². The summed E-state index contributed by atoms with van der Waals surface area (Å²) < 4.78 is 2.72. The van der Waals surface area contributed by atoms with Gasteiger partial charge in [0, 0.05) is 22.5 Å². The molecule has 0 aliphatic heterocycles. The highest BCUT2D eigenvalue weighted by atomic mass is 32.1. The van der Waals surface area contributed by atoms with E-state index >= 15 is 0 Å². The Balaban J connectivity index is 1.57. The van der Waals surface area contributed by atoms with Crippen LogP contribution in [-0.2, 0) is 0 Å². The minimum absolute atomic E-state index is 0.0679. The van der Waals surface area contributed by atoms with E-state index in [-0.39, 0.29) is 17.4 Å². The van der Waals surface area contributed by atoms with Gasteiger partial charge in [0.25, 0.3) is 5.91 Å². The Kier molecular flexibility index (Phi) is 5.27. The number of nitrogens with one attached hydrogen (secondary N) is 1. The third-order valence-electron chi connectivity index (χ3n) is 5.19. The van der Waals surface area contributed by atoms with Crippen LogP contribution in [0, 0.1) is 6.92 Å². The van der Waals surface area contributed by atoms with Gasteiger partial charge in [-0.1, -0.05) is 24.3 Å². The molecule has 33 heavy (non-hydrogen) atoms. The number of pyridine rings is 1. The number of nitrogens with zero attached hydrogens (tertiary/aromatic N) is 4. The van der Waals surface area contributed by atoms with Crippen molar-refractivity contribution in [1.82, 2.24) is 19.7 Å². The molecule has 162 valence electrons. The first-order valence-electron chi connectivity index (χ1n) is 10.3. The van der Waals surface area contributed by atoms with Crippen molar-refractivity contribution in [2.24, 2.45) is 0 Å². The van der Waals surface area contributed by atoms with Gasteiger partial charge >= 0.3 is 0 Å². The van der Waals surface area contributed by atoms with Gasteiger partial charge in [0.05, 0.1) is 21.4 Å². The second-order valence-corrected chi connectivity index (χ2v) is 8.48. The lowest BCUT2D eigenvalue weighted by atomic mass is 10.1. The number of hydrogen-bond acceptors (Lipinski definition) is 6. The summed E-state index contributed by atoms with van der Waals surface area (Å²) in [7, 11) is 0. The molecule has 0 aliphatic carbocycles. The number of carbonyl (C=O) groups is 2. The van der Waals surface area contributed by atoms with Gasteiger partial charge in [-0.3, -0.25) is 9.59 Å². The normalized spacial score (nSPS) is 11.0. The summed E-state index contributed by atoms with van der Waals surface area (Å²) >= 11 is 1.56. The van der Waals surface area contributed by atoms with Crippen LogP contribution in [0.5, 0.6) is 0 Å². The number of benzene rings is 2. The molecule has 0 fully saturated rings. The largest absolute Gasteiger partial charge is 0.321 e. The van der Waals surface area contributed by atoms with E-state index in [2.05, 4.69) is 20.4 Å². The van der Waals surface area contributed by atoms with Gasteiger partial charge in [-0.05, 0) is 56.3 Å². The number of thiazole rings is 1. The molecule has 3 aromatic heterocycles. The predicted octanol–water partition coefficient (Wildman–Crippen LogP) is 5.31. The number of anilines is 1. The van der Waals surface area contributed by atoms with Crippen molar-refractivity contribution in [2.45, 2.75) is 13.8 Å². The molecule has 8 heteroatoms. The summed E-state index contributed by atoms with van der Waals surface area (Å²) in [5.74, 6) is 0.177. The van der Waals surface area contributed by atoms with Crippen molar-refractivity contribution in [1.29, 1.82) is 0 Å². The van der Waals surface area contributed by atoms with Crippen molar-refractivity contribution in [2.75, 3.05) is 5.32 Å². The number of fused-ring (bicyclic) bond motifs is 1. The lowest BCUT2D eigenvalue weighted by Gasteiger charge is -2.07. The van der Waals surface area contributed by atoms with E-state index in [1.165, 1.54) is 6.92 Å². The van der Waals surface area contributed by atoms with Crippen LogP contribution < -0.4 is 5.32 Å². The second kappa shape index (κ2) is 8.40. The number of rotatable bonds is 5. The van der Waals surface area contributed by atoms with Crippen LogP contribution in [0.1, 0.15) is 33.5 Å². The van der Waals surface area contributed by atoms with E-state index in [1.54, 1.807) is 46.4 Å². The molecule has 1 amide bonds. The van der Waals surface area contributed by atoms with Gasteiger partial charge in [-0.15, -0.1) is 11.3 Å². The van der Waals surface area contributed by atoms with E-state index < -0.39 is 0 Å². The Labute approximate surface area is 193 Å². The molecule has 3 heterocycles. The number of aromatic nitrogens is 4. The maximum absolute atomic E-state index is 13.1. The fourth-order valence-electron chi connectivity index (χ4n) is 3.54. The van der Waals surface area contributed by atoms with Crippen molar-refractivity contribution in [3.63, 3.8) is 0 Å². The van der Waals surface area contributed by atoms with Crippen molar-refractivity contribution < 1.29 is 9.59 Å². The van der Waals surface area contributed by atoms with E-state index in [0.29, 0.717) is 17.1 Å². The molecule has 0 unspecified atom stereocenters. The molecular formula is C25H19N5O2S. The summed E-state index contributed by atoms with van der Waals surface area (Å²) in [5.41, 5.74) is 6.52. The number of carbonyl (C=O) groups excluding carboxylic acids is 2. The maximum Gasteiger partial charge on any atom is 0.276 e. The quantitative estimate of drug-likeness (QED) is 0.364. The Hall–Kier alpha value is -4.17. The van der Waals surface area contributed by atoms with Crippen molar-refractivity contribution in [3.8, 4) is 17.1 Å². The summed E-state index contributed by atoms with van der Waals surface area (Å²) in [6.07, 6.45) is 0. The van der Waals surface area contributed by atoms with Crippen LogP contribution in [0.3, 0.4) is 0 Å². The van der Waals surface area contributed by atoms with E-state index in [4.69, 9.17) is 0 Å². The van der Waals surface area contributed by atoms with Crippen LogP contribution in [0.4, 0.5) is 5.69 Å². The van der Waals surface area contributed by atoms with Gasteiger partial charge in [0.2, 0.25) is 0 Å². The lowest BCUT2D eigenvalue weighted by Crippen LogP contribution is -2.13. The summed E-state index contributed by atoms with van der Waals surface area (Å²) in [6, 6.07) is 20.2.